The summed E-state index contributed by atoms with van der Waals surface area (Å²) in [6.45, 7) is 4.41. The number of hydrogen-bond donors (Lipinski definition) is 1. The van der Waals surface area contributed by atoms with Crippen LogP contribution in [0, 0.1) is 5.92 Å². The van der Waals surface area contributed by atoms with E-state index in [2.05, 4.69) is 6.92 Å². The first-order chi connectivity index (χ1) is 9.51. The fraction of sp³-hybridized carbons (Fsp3) is 0.600. The standard InChI is InChI=1S/C15H20Cl2O3/c1-3-14-10(6-9(2)18)8-19-15(20-14)12-7-11(16)4-5-13(12)17/h4-5,7,9-10,14-15,18H,3,6,8H2,1-2H3. The predicted octanol–water partition coefficient (Wildman–Crippen LogP) is 4.20. The Balaban J connectivity index is 2.11. The van der Waals surface area contributed by atoms with Crippen molar-refractivity contribution in [1.29, 1.82) is 0 Å². The van der Waals surface area contributed by atoms with Gasteiger partial charge < -0.3 is 14.6 Å². The summed E-state index contributed by atoms with van der Waals surface area (Å²) >= 11 is 12.2. The van der Waals surface area contributed by atoms with Crippen molar-refractivity contribution in [3.63, 3.8) is 0 Å². The van der Waals surface area contributed by atoms with E-state index in [-0.39, 0.29) is 18.1 Å². The van der Waals surface area contributed by atoms with Crippen LogP contribution < -0.4 is 0 Å². The first kappa shape index (κ1) is 16.1. The molecule has 1 aromatic rings. The minimum absolute atomic E-state index is 0.0541. The fourth-order valence-corrected chi connectivity index (χ4v) is 2.96. The van der Waals surface area contributed by atoms with Crippen LogP contribution in [0.3, 0.4) is 0 Å². The lowest BCUT2D eigenvalue weighted by Gasteiger charge is -2.37. The molecular formula is C15H20Cl2O3. The molecule has 0 aliphatic carbocycles. The molecule has 0 amide bonds. The third-order valence-electron chi connectivity index (χ3n) is 3.54. The molecule has 4 unspecified atom stereocenters. The molecule has 1 heterocycles. The molecule has 1 aromatic carbocycles. The van der Waals surface area contributed by atoms with Gasteiger partial charge in [0, 0.05) is 21.5 Å². The monoisotopic (exact) mass is 318 g/mol. The van der Waals surface area contributed by atoms with Gasteiger partial charge in [-0.25, -0.2) is 0 Å². The SMILES string of the molecule is CCC1OC(c2cc(Cl)ccc2Cl)OCC1CC(C)O. The Morgan fingerprint density at radius 3 is 2.80 bits per heavy atom. The maximum absolute atomic E-state index is 9.53. The third-order valence-corrected chi connectivity index (χ3v) is 4.12. The summed E-state index contributed by atoms with van der Waals surface area (Å²) in [4.78, 5) is 0. The third kappa shape index (κ3) is 3.86. The zero-order valence-electron chi connectivity index (χ0n) is 11.7. The smallest absolute Gasteiger partial charge is 0.185 e. The number of hydrogen-bond acceptors (Lipinski definition) is 3. The number of aliphatic hydroxyl groups is 1. The van der Waals surface area contributed by atoms with E-state index in [1.165, 1.54) is 0 Å². The Bertz CT molecular complexity index is 451. The topological polar surface area (TPSA) is 38.7 Å². The molecule has 0 spiro atoms. The van der Waals surface area contributed by atoms with Crippen molar-refractivity contribution in [1.82, 2.24) is 0 Å². The van der Waals surface area contributed by atoms with Gasteiger partial charge in [0.05, 0.1) is 18.8 Å². The van der Waals surface area contributed by atoms with Crippen molar-refractivity contribution in [2.45, 2.75) is 45.2 Å². The van der Waals surface area contributed by atoms with Gasteiger partial charge in [0.15, 0.2) is 6.29 Å². The van der Waals surface area contributed by atoms with Crippen LogP contribution in [-0.2, 0) is 9.47 Å². The average molecular weight is 319 g/mol. The summed E-state index contributed by atoms with van der Waals surface area (Å²) in [5.41, 5.74) is 0.758. The molecule has 0 bridgehead atoms. The maximum Gasteiger partial charge on any atom is 0.185 e. The molecule has 0 aromatic heterocycles. The van der Waals surface area contributed by atoms with Gasteiger partial charge in [-0.3, -0.25) is 0 Å². The first-order valence-electron chi connectivity index (χ1n) is 6.91. The van der Waals surface area contributed by atoms with Crippen LogP contribution in [0.4, 0.5) is 0 Å². The molecule has 2 rings (SSSR count). The highest BCUT2D eigenvalue weighted by atomic mass is 35.5. The van der Waals surface area contributed by atoms with Crippen molar-refractivity contribution < 1.29 is 14.6 Å². The second-order valence-electron chi connectivity index (χ2n) is 5.26. The molecule has 1 N–H and O–H groups in total. The van der Waals surface area contributed by atoms with Crippen LogP contribution in [0.2, 0.25) is 10.0 Å². The van der Waals surface area contributed by atoms with Crippen LogP contribution in [0.1, 0.15) is 38.5 Å². The molecule has 112 valence electrons. The van der Waals surface area contributed by atoms with Gasteiger partial charge in [-0.05, 0) is 38.0 Å². The number of benzene rings is 1. The molecule has 5 heteroatoms. The molecule has 1 aliphatic rings. The Morgan fingerprint density at radius 2 is 2.15 bits per heavy atom. The van der Waals surface area contributed by atoms with Gasteiger partial charge in [0.2, 0.25) is 0 Å². The van der Waals surface area contributed by atoms with E-state index in [0.29, 0.717) is 23.1 Å². The van der Waals surface area contributed by atoms with Crippen molar-refractivity contribution in [2.24, 2.45) is 5.92 Å². The van der Waals surface area contributed by atoms with Gasteiger partial charge >= 0.3 is 0 Å². The van der Waals surface area contributed by atoms with E-state index in [1.807, 2.05) is 0 Å². The molecule has 20 heavy (non-hydrogen) atoms. The summed E-state index contributed by atoms with van der Waals surface area (Å²) in [6, 6.07) is 5.26. The second-order valence-corrected chi connectivity index (χ2v) is 6.10. The Labute approximate surface area is 129 Å². The van der Waals surface area contributed by atoms with Crippen LogP contribution in [0.5, 0.6) is 0 Å². The fourth-order valence-electron chi connectivity index (χ4n) is 2.57. The minimum Gasteiger partial charge on any atom is -0.393 e. The lowest BCUT2D eigenvalue weighted by atomic mass is 9.94. The number of aliphatic hydroxyl groups excluding tert-OH is 1. The highest BCUT2D eigenvalue weighted by Crippen LogP contribution is 2.36. The average Bonchev–Trinajstić information content (AvgIpc) is 2.41. The zero-order valence-corrected chi connectivity index (χ0v) is 13.2. The highest BCUT2D eigenvalue weighted by molar-refractivity contribution is 6.33. The van der Waals surface area contributed by atoms with E-state index in [4.69, 9.17) is 32.7 Å². The molecule has 1 aliphatic heterocycles. The normalized spacial score (nSPS) is 28.4. The van der Waals surface area contributed by atoms with Crippen LogP contribution in [0.25, 0.3) is 0 Å². The van der Waals surface area contributed by atoms with Crippen molar-refractivity contribution >= 4 is 23.2 Å². The van der Waals surface area contributed by atoms with Gasteiger partial charge in [-0.1, -0.05) is 30.1 Å². The van der Waals surface area contributed by atoms with E-state index >= 15 is 0 Å². The van der Waals surface area contributed by atoms with Crippen LogP contribution in [-0.4, -0.2) is 23.9 Å². The maximum atomic E-state index is 9.53. The van der Waals surface area contributed by atoms with Crippen LogP contribution >= 0.6 is 23.2 Å². The van der Waals surface area contributed by atoms with Gasteiger partial charge in [-0.15, -0.1) is 0 Å². The number of rotatable bonds is 4. The zero-order chi connectivity index (χ0) is 14.7. The molecule has 4 atom stereocenters. The van der Waals surface area contributed by atoms with E-state index in [0.717, 1.165) is 12.0 Å². The quantitative estimate of drug-likeness (QED) is 0.904. The Morgan fingerprint density at radius 1 is 1.40 bits per heavy atom. The van der Waals surface area contributed by atoms with Gasteiger partial charge in [0.1, 0.15) is 0 Å². The van der Waals surface area contributed by atoms with Crippen LogP contribution in [0.15, 0.2) is 18.2 Å². The molecule has 1 saturated heterocycles. The molecule has 0 radical (unpaired) electrons. The lowest BCUT2D eigenvalue weighted by Crippen LogP contribution is -2.37. The number of ether oxygens (including phenoxy) is 2. The van der Waals surface area contributed by atoms with Crippen molar-refractivity contribution in [2.75, 3.05) is 6.61 Å². The van der Waals surface area contributed by atoms with Crippen molar-refractivity contribution in [3.05, 3.63) is 33.8 Å². The highest BCUT2D eigenvalue weighted by Gasteiger charge is 2.33. The van der Waals surface area contributed by atoms with E-state index < -0.39 is 6.29 Å². The van der Waals surface area contributed by atoms with E-state index in [9.17, 15) is 5.11 Å². The molecule has 1 fully saturated rings. The summed E-state index contributed by atoms with van der Waals surface area (Å²) in [6.07, 6.45) is 0.756. The number of halogens is 2. The minimum atomic E-state index is -0.489. The summed E-state index contributed by atoms with van der Waals surface area (Å²) < 4.78 is 11.8. The molecule has 0 saturated carbocycles. The molecule has 3 nitrogen and oxygen atoms in total. The van der Waals surface area contributed by atoms with Crippen molar-refractivity contribution in [3.8, 4) is 0 Å². The summed E-state index contributed by atoms with van der Waals surface area (Å²) in [7, 11) is 0. The summed E-state index contributed by atoms with van der Waals surface area (Å²) in [5.74, 6) is 0.203. The second kappa shape index (κ2) is 7.10. The van der Waals surface area contributed by atoms with Gasteiger partial charge in [0.25, 0.3) is 0 Å². The Hall–Kier alpha value is -0.320. The molecular weight excluding hydrogens is 299 g/mol. The van der Waals surface area contributed by atoms with E-state index in [1.54, 1.807) is 25.1 Å². The first-order valence-corrected chi connectivity index (χ1v) is 7.67. The largest absolute Gasteiger partial charge is 0.393 e. The Kier molecular flexibility index (Phi) is 5.70. The summed E-state index contributed by atoms with van der Waals surface area (Å²) in [5, 5.41) is 10.7. The lowest BCUT2D eigenvalue weighted by molar-refractivity contribution is -0.245. The van der Waals surface area contributed by atoms with Gasteiger partial charge in [-0.2, -0.15) is 0 Å². The predicted molar refractivity (Wildman–Crippen MR) is 80.1 cm³/mol.